The molecule has 3 heterocycles. The molecule has 7 nitrogen and oxygen atoms in total. The van der Waals surface area contributed by atoms with Crippen molar-refractivity contribution in [1.82, 2.24) is 10.2 Å². The minimum Gasteiger partial charge on any atom is -0.497 e. The summed E-state index contributed by atoms with van der Waals surface area (Å²) >= 11 is 0. The molecule has 2 aromatic rings. The number of benzene rings is 1. The quantitative estimate of drug-likeness (QED) is 0.820. The summed E-state index contributed by atoms with van der Waals surface area (Å²) in [5.74, 6) is 0.545. The number of rotatable bonds is 3. The minimum absolute atomic E-state index is 0.0364. The number of fused-ring (bicyclic) bond motifs is 2. The summed E-state index contributed by atoms with van der Waals surface area (Å²) in [7, 11) is 1.56. The minimum atomic E-state index is -0.470. The lowest BCUT2D eigenvalue weighted by molar-refractivity contribution is -0.130. The molecule has 0 aliphatic carbocycles. The van der Waals surface area contributed by atoms with Crippen LogP contribution < -0.4 is 15.7 Å². The average molecular weight is 358 g/mol. The van der Waals surface area contributed by atoms with E-state index in [0.29, 0.717) is 36.6 Å². The van der Waals surface area contributed by atoms with Crippen LogP contribution in [0.5, 0.6) is 5.75 Å². The van der Waals surface area contributed by atoms with Crippen LogP contribution in [-0.4, -0.2) is 56.3 Å². The second-order valence-corrected chi connectivity index (χ2v) is 6.80. The lowest BCUT2D eigenvalue weighted by atomic mass is 10.0. The van der Waals surface area contributed by atoms with Gasteiger partial charge in [-0.15, -0.1) is 0 Å². The molecule has 0 radical (unpaired) electrons. The molecule has 0 spiro atoms. The molecule has 1 N–H and O–H groups in total. The van der Waals surface area contributed by atoms with E-state index in [2.05, 4.69) is 5.32 Å². The van der Waals surface area contributed by atoms with Crippen LogP contribution in [0.4, 0.5) is 0 Å². The van der Waals surface area contributed by atoms with Crippen molar-refractivity contribution in [2.45, 2.75) is 25.5 Å². The van der Waals surface area contributed by atoms with E-state index >= 15 is 0 Å². The Morgan fingerprint density at radius 1 is 1.38 bits per heavy atom. The number of ether oxygens (including phenoxy) is 2. The molecule has 2 atom stereocenters. The average Bonchev–Trinajstić information content (AvgIpc) is 3.08. The van der Waals surface area contributed by atoms with Gasteiger partial charge in [-0.3, -0.25) is 4.79 Å². The van der Waals surface area contributed by atoms with Crippen LogP contribution in [0.3, 0.4) is 0 Å². The summed E-state index contributed by atoms with van der Waals surface area (Å²) in [6.45, 7) is 4.49. The fourth-order valence-electron chi connectivity index (χ4n) is 3.77. The summed E-state index contributed by atoms with van der Waals surface area (Å²) in [6.07, 6.45) is 0.0736. The number of methoxy groups -OCH3 is 1. The van der Waals surface area contributed by atoms with Crippen molar-refractivity contribution in [3.8, 4) is 5.75 Å². The van der Waals surface area contributed by atoms with Gasteiger partial charge in [0.1, 0.15) is 11.3 Å². The number of hydrogen-bond donors (Lipinski definition) is 1. The van der Waals surface area contributed by atoms with Gasteiger partial charge in [0.2, 0.25) is 5.91 Å². The predicted molar refractivity (Wildman–Crippen MR) is 95.6 cm³/mol. The van der Waals surface area contributed by atoms with Crippen molar-refractivity contribution in [3.05, 3.63) is 39.7 Å². The number of aryl methyl sites for hydroxylation is 1. The monoisotopic (exact) mass is 358 g/mol. The van der Waals surface area contributed by atoms with Gasteiger partial charge < -0.3 is 24.1 Å². The zero-order valence-corrected chi connectivity index (χ0v) is 14.9. The Kier molecular flexibility index (Phi) is 4.42. The molecule has 2 aliphatic heterocycles. The van der Waals surface area contributed by atoms with Crippen molar-refractivity contribution >= 4 is 16.9 Å². The molecule has 2 aliphatic rings. The van der Waals surface area contributed by atoms with Crippen molar-refractivity contribution < 1.29 is 18.7 Å². The first-order valence-electron chi connectivity index (χ1n) is 8.80. The molecular formula is C19H22N2O5. The predicted octanol–water partition coefficient (Wildman–Crippen LogP) is 0.852. The number of nitrogens with one attached hydrogen (secondary N) is 1. The number of nitrogens with zero attached hydrogens (tertiary/aromatic N) is 1. The van der Waals surface area contributed by atoms with Gasteiger partial charge in [0.15, 0.2) is 0 Å². The van der Waals surface area contributed by atoms with Crippen LogP contribution >= 0.6 is 0 Å². The van der Waals surface area contributed by atoms with Crippen molar-refractivity contribution in [2.24, 2.45) is 0 Å². The van der Waals surface area contributed by atoms with Crippen LogP contribution in [0.2, 0.25) is 0 Å². The van der Waals surface area contributed by atoms with Crippen LogP contribution in [0, 0.1) is 6.92 Å². The molecular weight excluding hydrogens is 336 g/mol. The van der Waals surface area contributed by atoms with E-state index in [9.17, 15) is 9.59 Å². The zero-order valence-electron chi connectivity index (χ0n) is 14.9. The summed E-state index contributed by atoms with van der Waals surface area (Å²) in [4.78, 5) is 26.9. The largest absolute Gasteiger partial charge is 0.497 e. The Hall–Kier alpha value is -2.38. The summed E-state index contributed by atoms with van der Waals surface area (Å²) < 4.78 is 16.3. The van der Waals surface area contributed by atoms with Crippen LogP contribution in [-0.2, 0) is 16.0 Å². The molecule has 0 bridgehead atoms. The Bertz CT molecular complexity index is 893. The van der Waals surface area contributed by atoms with Crippen molar-refractivity contribution in [2.75, 3.05) is 33.4 Å². The second-order valence-electron chi connectivity index (χ2n) is 6.80. The van der Waals surface area contributed by atoms with Crippen LogP contribution in [0.15, 0.2) is 27.4 Å². The molecule has 2 fully saturated rings. The molecule has 1 amide bonds. The summed E-state index contributed by atoms with van der Waals surface area (Å²) in [5, 5.41) is 4.19. The standard InChI is InChI=1S/C19H22N2O5/c1-11-13-4-3-12(24-2)7-16(13)26-19(23)14(11)8-18(22)21-9-15-17(10-21)25-6-5-20-15/h3-4,7,15,17,20H,5-6,8-10H2,1-2H3/t15-,17-/m0/s1. The molecule has 0 unspecified atom stereocenters. The summed E-state index contributed by atoms with van der Waals surface area (Å²) in [5.41, 5.74) is 1.19. The van der Waals surface area contributed by atoms with Gasteiger partial charge in [0.25, 0.3) is 0 Å². The van der Waals surface area contributed by atoms with E-state index in [4.69, 9.17) is 13.9 Å². The highest BCUT2D eigenvalue weighted by molar-refractivity contribution is 5.85. The molecule has 1 aromatic heterocycles. The normalized spacial score (nSPS) is 22.5. The number of hydrogen-bond acceptors (Lipinski definition) is 6. The van der Waals surface area contributed by atoms with Crippen molar-refractivity contribution in [1.29, 1.82) is 0 Å². The fraction of sp³-hybridized carbons (Fsp3) is 0.474. The van der Waals surface area contributed by atoms with Gasteiger partial charge in [0, 0.05) is 31.1 Å². The first-order chi connectivity index (χ1) is 12.6. The molecule has 7 heteroatoms. The lowest BCUT2D eigenvalue weighted by Crippen LogP contribution is -2.47. The van der Waals surface area contributed by atoms with E-state index < -0.39 is 5.63 Å². The third-order valence-corrected chi connectivity index (χ3v) is 5.28. The van der Waals surface area contributed by atoms with Crippen LogP contribution in [0.1, 0.15) is 11.1 Å². The summed E-state index contributed by atoms with van der Waals surface area (Å²) in [6, 6.07) is 5.52. The number of amides is 1. The van der Waals surface area contributed by atoms with E-state index in [1.807, 2.05) is 19.1 Å². The number of likely N-dealkylation sites (tertiary alicyclic amines) is 1. The van der Waals surface area contributed by atoms with Gasteiger partial charge in [-0.05, 0) is 24.6 Å². The van der Waals surface area contributed by atoms with Crippen LogP contribution in [0.25, 0.3) is 11.0 Å². The molecule has 26 heavy (non-hydrogen) atoms. The molecule has 138 valence electrons. The van der Waals surface area contributed by atoms with Gasteiger partial charge in [0.05, 0.1) is 37.8 Å². The molecule has 2 saturated heterocycles. The number of carbonyl (C=O) groups excluding carboxylic acids is 1. The van der Waals surface area contributed by atoms with E-state index in [-0.39, 0.29) is 24.5 Å². The highest BCUT2D eigenvalue weighted by atomic mass is 16.5. The third-order valence-electron chi connectivity index (χ3n) is 5.28. The maximum Gasteiger partial charge on any atom is 0.340 e. The fourth-order valence-corrected chi connectivity index (χ4v) is 3.77. The van der Waals surface area contributed by atoms with E-state index in [0.717, 1.165) is 17.5 Å². The maximum atomic E-state index is 12.7. The van der Waals surface area contributed by atoms with Gasteiger partial charge in [-0.1, -0.05) is 0 Å². The Labute approximate surface area is 150 Å². The van der Waals surface area contributed by atoms with Crippen molar-refractivity contribution in [3.63, 3.8) is 0 Å². The molecule has 0 saturated carbocycles. The number of carbonyl (C=O) groups is 1. The van der Waals surface area contributed by atoms with Gasteiger partial charge in [-0.25, -0.2) is 4.79 Å². The van der Waals surface area contributed by atoms with Gasteiger partial charge >= 0.3 is 5.63 Å². The Morgan fingerprint density at radius 3 is 3.00 bits per heavy atom. The number of morpholine rings is 1. The zero-order chi connectivity index (χ0) is 18.3. The highest BCUT2D eigenvalue weighted by Gasteiger charge is 2.37. The maximum absolute atomic E-state index is 12.7. The lowest BCUT2D eigenvalue weighted by Gasteiger charge is -2.25. The first-order valence-corrected chi connectivity index (χ1v) is 8.80. The molecule has 4 rings (SSSR count). The van der Waals surface area contributed by atoms with E-state index in [1.54, 1.807) is 18.1 Å². The Balaban J connectivity index is 1.59. The smallest absolute Gasteiger partial charge is 0.340 e. The third kappa shape index (κ3) is 2.97. The Morgan fingerprint density at radius 2 is 2.23 bits per heavy atom. The highest BCUT2D eigenvalue weighted by Crippen LogP contribution is 2.25. The topological polar surface area (TPSA) is 81.0 Å². The van der Waals surface area contributed by atoms with E-state index in [1.165, 1.54) is 0 Å². The van der Waals surface area contributed by atoms with Gasteiger partial charge in [-0.2, -0.15) is 0 Å². The SMILES string of the molecule is COc1ccc2c(C)c(CC(=O)N3C[C@@H]4NCCO[C@H]4C3)c(=O)oc2c1. The first kappa shape index (κ1) is 17.1. The second kappa shape index (κ2) is 6.74. The molecule has 1 aromatic carbocycles.